The van der Waals surface area contributed by atoms with Gasteiger partial charge in [-0.05, 0) is 37.6 Å². The van der Waals surface area contributed by atoms with Crippen molar-refractivity contribution >= 4 is 17.6 Å². The second-order valence-electron chi connectivity index (χ2n) is 5.67. The molecule has 0 saturated carbocycles. The van der Waals surface area contributed by atoms with E-state index in [-0.39, 0.29) is 5.82 Å². The Labute approximate surface area is 145 Å². The van der Waals surface area contributed by atoms with E-state index in [1.807, 2.05) is 6.26 Å². The van der Waals surface area contributed by atoms with Crippen molar-refractivity contribution < 1.29 is 4.39 Å². The van der Waals surface area contributed by atoms with E-state index in [0.717, 1.165) is 31.7 Å². The fraction of sp³-hybridized carbons (Fsp3) is 0.353. The van der Waals surface area contributed by atoms with Crippen LogP contribution >= 0.6 is 11.8 Å². The van der Waals surface area contributed by atoms with Gasteiger partial charge in [-0.1, -0.05) is 11.8 Å². The maximum absolute atomic E-state index is 13.2. The molecule has 0 bridgehead atoms. The van der Waals surface area contributed by atoms with Crippen LogP contribution in [0.1, 0.15) is 5.56 Å². The minimum Gasteiger partial charge on any atom is -0.353 e. The summed E-state index contributed by atoms with van der Waals surface area (Å²) in [7, 11) is 2.08. The summed E-state index contributed by atoms with van der Waals surface area (Å²) in [4.78, 5) is 13.5. The van der Waals surface area contributed by atoms with Crippen LogP contribution in [0.4, 0.5) is 10.2 Å². The van der Waals surface area contributed by atoms with E-state index in [0.29, 0.717) is 22.2 Å². The Morgan fingerprint density at radius 3 is 2.38 bits per heavy atom. The molecule has 1 aromatic heterocycles. The molecule has 0 amide bonds. The number of nitrogens with zero attached hydrogens (tertiary/aromatic N) is 5. The van der Waals surface area contributed by atoms with E-state index >= 15 is 0 Å². The van der Waals surface area contributed by atoms with E-state index in [1.165, 1.54) is 23.9 Å². The largest absolute Gasteiger partial charge is 0.353 e. The average Bonchev–Trinajstić information content (AvgIpc) is 2.62. The number of thioether (sulfide) groups is 1. The van der Waals surface area contributed by atoms with Crippen LogP contribution < -0.4 is 4.90 Å². The number of piperazine rings is 1. The first-order valence-corrected chi connectivity index (χ1v) is 8.90. The van der Waals surface area contributed by atoms with Gasteiger partial charge in [-0.3, -0.25) is 0 Å². The molecule has 1 aliphatic rings. The van der Waals surface area contributed by atoms with Gasteiger partial charge in [0, 0.05) is 31.7 Å². The zero-order valence-electron chi connectivity index (χ0n) is 13.7. The normalized spacial score (nSPS) is 15.3. The highest BCUT2D eigenvalue weighted by molar-refractivity contribution is 7.98. The van der Waals surface area contributed by atoms with E-state index < -0.39 is 0 Å². The van der Waals surface area contributed by atoms with Gasteiger partial charge in [0.25, 0.3) is 0 Å². The molecule has 1 fully saturated rings. The quantitative estimate of drug-likeness (QED) is 0.631. The van der Waals surface area contributed by atoms with Crippen molar-refractivity contribution in [3.05, 3.63) is 35.6 Å². The van der Waals surface area contributed by atoms with E-state index in [9.17, 15) is 9.65 Å². The Bertz CT molecular complexity index is 764. The predicted molar refractivity (Wildman–Crippen MR) is 93.6 cm³/mol. The molecule has 5 nitrogen and oxygen atoms in total. The summed E-state index contributed by atoms with van der Waals surface area (Å²) in [6.07, 6.45) is 1.91. The summed E-state index contributed by atoms with van der Waals surface area (Å²) in [5, 5.41) is 10.3. The molecule has 1 aliphatic heterocycles. The average molecular weight is 343 g/mol. The van der Waals surface area contributed by atoms with Crippen molar-refractivity contribution in [1.29, 1.82) is 5.26 Å². The molecule has 2 aromatic rings. The molecule has 0 spiro atoms. The molecular weight excluding hydrogens is 325 g/mol. The first-order valence-electron chi connectivity index (χ1n) is 7.68. The molecule has 24 heavy (non-hydrogen) atoms. The van der Waals surface area contributed by atoms with Crippen LogP contribution in [-0.2, 0) is 0 Å². The van der Waals surface area contributed by atoms with Gasteiger partial charge in [0.15, 0.2) is 11.0 Å². The lowest BCUT2D eigenvalue weighted by Gasteiger charge is -2.33. The Morgan fingerprint density at radius 2 is 1.79 bits per heavy atom. The lowest BCUT2D eigenvalue weighted by Crippen LogP contribution is -2.45. The lowest BCUT2D eigenvalue weighted by atomic mass is 10.1. The molecule has 7 heteroatoms. The van der Waals surface area contributed by atoms with Crippen molar-refractivity contribution in [1.82, 2.24) is 14.9 Å². The summed E-state index contributed by atoms with van der Waals surface area (Å²) in [6.45, 7) is 3.49. The van der Waals surface area contributed by atoms with Crippen LogP contribution in [0.25, 0.3) is 11.3 Å². The Morgan fingerprint density at radius 1 is 1.12 bits per heavy atom. The molecular formula is C17H18FN5S. The number of halogens is 1. The van der Waals surface area contributed by atoms with Crippen molar-refractivity contribution in [2.75, 3.05) is 44.4 Å². The van der Waals surface area contributed by atoms with Crippen molar-refractivity contribution in [3.8, 4) is 17.3 Å². The van der Waals surface area contributed by atoms with Crippen molar-refractivity contribution in [2.45, 2.75) is 5.16 Å². The summed E-state index contributed by atoms with van der Waals surface area (Å²) in [6, 6.07) is 8.32. The second-order valence-corrected chi connectivity index (χ2v) is 6.44. The summed E-state index contributed by atoms with van der Waals surface area (Å²) in [5.74, 6) is 0.361. The monoisotopic (exact) mass is 343 g/mol. The minimum absolute atomic E-state index is 0.310. The van der Waals surface area contributed by atoms with Crippen LogP contribution in [-0.4, -0.2) is 54.4 Å². The smallest absolute Gasteiger partial charge is 0.189 e. The van der Waals surface area contributed by atoms with E-state index in [4.69, 9.17) is 0 Å². The van der Waals surface area contributed by atoms with Gasteiger partial charge in [0.1, 0.15) is 17.4 Å². The summed E-state index contributed by atoms with van der Waals surface area (Å²) in [5.41, 5.74) is 1.73. The molecule has 124 valence electrons. The maximum atomic E-state index is 13.2. The third-order valence-electron chi connectivity index (χ3n) is 4.08. The van der Waals surface area contributed by atoms with Crippen molar-refractivity contribution in [2.24, 2.45) is 0 Å². The first-order chi connectivity index (χ1) is 11.6. The van der Waals surface area contributed by atoms with Gasteiger partial charge in [0.05, 0.1) is 5.69 Å². The number of nitriles is 1. The zero-order valence-corrected chi connectivity index (χ0v) is 14.5. The first kappa shape index (κ1) is 16.7. The standard InChI is InChI=1S/C17H18FN5S/c1-22-7-9-23(10-8-22)16-14(11-19)15(20-17(21-16)24-2)12-3-5-13(18)6-4-12/h3-6H,7-10H2,1-2H3. The van der Waals surface area contributed by atoms with Crippen LogP contribution in [0.3, 0.4) is 0 Å². The highest BCUT2D eigenvalue weighted by atomic mass is 32.2. The third-order valence-corrected chi connectivity index (χ3v) is 4.63. The zero-order chi connectivity index (χ0) is 17.1. The molecule has 1 aromatic carbocycles. The Hall–Kier alpha value is -2.17. The van der Waals surface area contributed by atoms with Crippen molar-refractivity contribution in [3.63, 3.8) is 0 Å². The topological polar surface area (TPSA) is 56.1 Å². The minimum atomic E-state index is -0.310. The van der Waals surface area contributed by atoms with E-state index in [2.05, 4.69) is 32.9 Å². The van der Waals surface area contributed by atoms with E-state index in [1.54, 1.807) is 12.1 Å². The summed E-state index contributed by atoms with van der Waals surface area (Å²) >= 11 is 1.44. The molecule has 3 rings (SSSR count). The molecule has 0 aliphatic carbocycles. The van der Waals surface area contributed by atoms with Gasteiger partial charge in [-0.25, -0.2) is 14.4 Å². The molecule has 0 unspecified atom stereocenters. The third kappa shape index (κ3) is 3.35. The molecule has 0 atom stereocenters. The summed E-state index contributed by atoms with van der Waals surface area (Å²) < 4.78 is 13.2. The lowest BCUT2D eigenvalue weighted by molar-refractivity contribution is 0.311. The number of benzene rings is 1. The molecule has 1 saturated heterocycles. The fourth-order valence-electron chi connectivity index (χ4n) is 2.69. The number of hydrogen-bond donors (Lipinski definition) is 0. The predicted octanol–water partition coefficient (Wildman–Crippen LogP) is 2.63. The Kier molecular flexibility index (Phi) is 4.97. The molecule has 0 N–H and O–H groups in total. The molecule has 2 heterocycles. The van der Waals surface area contributed by atoms with Gasteiger partial charge in [-0.15, -0.1) is 0 Å². The fourth-order valence-corrected chi connectivity index (χ4v) is 3.05. The highest BCUT2D eigenvalue weighted by Gasteiger charge is 2.23. The molecule has 0 radical (unpaired) electrons. The van der Waals surface area contributed by atoms with Crippen LogP contribution in [0, 0.1) is 17.1 Å². The number of rotatable bonds is 3. The van der Waals surface area contributed by atoms with Crippen LogP contribution in [0.5, 0.6) is 0 Å². The maximum Gasteiger partial charge on any atom is 0.189 e. The second kappa shape index (κ2) is 7.16. The van der Waals surface area contributed by atoms with Gasteiger partial charge in [0.2, 0.25) is 0 Å². The number of likely N-dealkylation sites (N-methyl/N-ethyl adjacent to an activating group) is 1. The SMILES string of the molecule is CSc1nc(-c2ccc(F)cc2)c(C#N)c(N2CCN(C)CC2)n1. The van der Waals surface area contributed by atoms with Crippen LogP contribution in [0.15, 0.2) is 29.4 Å². The Balaban J connectivity index is 2.10. The number of aromatic nitrogens is 2. The van der Waals surface area contributed by atoms with Gasteiger partial charge >= 0.3 is 0 Å². The highest BCUT2D eigenvalue weighted by Crippen LogP contribution is 2.30. The van der Waals surface area contributed by atoms with Crippen LogP contribution in [0.2, 0.25) is 0 Å². The number of hydrogen-bond acceptors (Lipinski definition) is 6. The number of anilines is 1. The van der Waals surface area contributed by atoms with Gasteiger partial charge < -0.3 is 9.80 Å². The van der Waals surface area contributed by atoms with Gasteiger partial charge in [-0.2, -0.15) is 5.26 Å².